The quantitative estimate of drug-likeness (QED) is 0.441. The predicted octanol–water partition coefficient (Wildman–Crippen LogP) is 5.67. The van der Waals surface area contributed by atoms with Gasteiger partial charge in [0.05, 0.1) is 42.1 Å². The summed E-state index contributed by atoms with van der Waals surface area (Å²) in [7, 11) is 1.46. The van der Waals surface area contributed by atoms with Gasteiger partial charge in [0.15, 0.2) is 0 Å². The minimum atomic E-state index is -0.558. The van der Waals surface area contributed by atoms with E-state index in [2.05, 4.69) is 25.5 Å². The largest absolute Gasteiger partial charge is 0.496 e. The summed E-state index contributed by atoms with van der Waals surface area (Å²) in [6, 6.07) is 9.00. The molecule has 4 rings (SSSR count). The summed E-state index contributed by atoms with van der Waals surface area (Å²) in [4.78, 5) is 22.9. The van der Waals surface area contributed by atoms with Crippen LogP contribution >= 0.6 is 0 Å². The molecular formula is C27H31F2N5O3. The van der Waals surface area contributed by atoms with Crippen LogP contribution in [0, 0.1) is 11.6 Å². The summed E-state index contributed by atoms with van der Waals surface area (Å²) in [6.45, 7) is 6.78. The molecule has 0 saturated carbocycles. The molecule has 8 nitrogen and oxygen atoms in total. The van der Waals surface area contributed by atoms with E-state index in [1.807, 2.05) is 20.8 Å². The molecule has 1 fully saturated rings. The molecule has 196 valence electrons. The average molecular weight is 512 g/mol. The number of alkyl carbamates (subject to hydrolysis) is 1. The van der Waals surface area contributed by atoms with Gasteiger partial charge in [-0.05, 0) is 63.9 Å². The van der Waals surface area contributed by atoms with E-state index in [9.17, 15) is 13.6 Å². The molecular weight excluding hydrogens is 480 g/mol. The number of hydrogen-bond acceptors (Lipinski definition) is 7. The fourth-order valence-electron chi connectivity index (χ4n) is 4.23. The summed E-state index contributed by atoms with van der Waals surface area (Å²) in [6.07, 6.45) is 3.92. The van der Waals surface area contributed by atoms with Crippen LogP contribution in [0.5, 0.6) is 5.75 Å². The molecule has 1 aromatic heterocycles. The lowest BCUT2D eigenvalue weighted by Crippen LogP contribution is -2.46. The topological polar surface area (TPSA) is 88.6 Å². The number of hydrogen-bond donors (Lipinski definition) is 2. The van der Waals surface area contributed by atoms with Crippen LogP contribution in [0.3, 0.4) is 0 Å². The van der Waals surface area contributed by atoms with E-state index in [0.29, 0.717) is 43.2 Å². The van der Waals surface area contributed by atoms with Crippen molar-refractivity contribution in [1.29, 1.82) is 0 Å². The maximum absolute atomic E-state index is 14.6. The Hall–Kier alpha value is -3.95. The minimum absolute atomic E-state index is 0.0127. The van der Waals surface area contributed by atoms with Crippen molar-refractivity contribution in [3.05, 3.63) is 60.4 Å². The number of ether oxygens (including phenoxy) is 2. The Morgan fingerprint density at radius 3 is 2.57 bits per heavy atom. The van der Waals surface area contributed by atoms with Crippen LogP contribution in [-0.2, 0) is 4.74 Å². The highest BCUT2D eigenvalue weighted by Crippen LogP contribution is 2.34. The lowest BCUT2D eigenvalue weighted by Gasteiger charge is -2.35. The number of carbonyl (C=O) groups is 1. The number of piperidine rings is 1. The summed E-state index contributed by atoms with van der Waals surface area (Å²) in [5.74, 6) is -0.232. The van der Waals surface area contributed by atoms with Gasteiger partial charge in [-0.1, -0.05) is 6.07 Å². The Labute approximate surface area is 215 Å². The van der Waals surface area contributed by atoms with Crippen molar-refractivity contribution in [2.45, 2.75) is 45.3 Å². The Morgan fingerprint density at radius 1 is 1.11 bits per heavy atom. The third kappa shape index (κ3) is 6.63. The average Bonchev–Trinajstić information content (AvgIpc) is 2.83. The first-order chi connectivity index (χ1) is 17.6. The monoisotopic (exact) mass is 511 g/mol. The summed E-state index contributed by atoms with van der Waals surface area (Å²) in [5.41, 5.74) is 1.21. The Kier molecular flexibility index (Phi) is 7.75. The van der Waals surface area contributed by atoms with Gasteiger partial charge >= 0.3 is 6.09 Å². The van der Waals surface area contributed by atoms with Crippen molar-refractivity contribution in [2.24, 2.45) is 0 Å². The van der Waals surface area contributed by atoms with Gasteiger partial charge in [-0.15, -0.1) is 0 Å². The third-order valence-electron chi connectivity index (χ3n) is 5.86. The number of carbonyl (C=O) groups excluding carboxylic acids is 1. The molecule has 37 heavy (non-hydrogen) atoms. The number of rotatable bonds is 6. The molecule has 1 saturated heterocycles. The Morgan fingerprint density at radius 2 is 1.86 bits per heavy atom. The second-order valence-corrected chi connectivity index (χ2v) is 9.80. The molecule has 2 aromatic carbocycles. The molecule has 10 heteroatoms. The smallest absolute Gasteiger partial charge is 0.407 e. The highest BCUT2D eigenvalue weighted by Gasteiger charge is 2.25. The lowest BCUT2D eigenvalue weighted by molar-refractivity contribution is 0.0497. The Balaban J connectivity index is 1.50. The second kappa shape index (κ2) is 11.0. The number of aromatic nitrogens is 2. The third-order valence-corrected chi connectivity index (χ3v) is 5.86. The molecule has 0 aliphatic carbocycles. The standard InChI is InChI=1S/C27H31F2N5O3/c1-27(2,3)37-26(35)31-18-10-12-34(13-11-18)22-9-8-17(28)14-20(22)32-24-16-30-15-21(33-24)25-19(29)6-5-7-23(25)36-4/h5-9,14-16,18H,10-13H2,1-4H3,(H,31,35)(H,32,33). The number of nitrogens with one attached hydrogen (secondary N) is 2. The van der Waals surface area contributed by atoms with Crippen LogP contribution in [0.25, 0.3) is 11.3 Å². The highest BCUT2D eigenvalue weighted by atomic mass is 19.1. The number of amides is 1. The van der Waals surface area contributed by atoms with Crippen LogP contribution in [0.1, 0.15) is 33.6 Å². The van der Waals surface area contributed by atoms with Gasteiger partial charge in [0.25, 0.3) is 0 Å². The van der Waals surface area contributed by atoms with Crippen LogP contribution in [0.2, 0.25) is 0 Å². The van der Waals surface area contributed by atoms with Crippen LogP contribution in [-0.4, -0.2) is 47.9 Å². The van der Waals surface area contributed by atoms with E-state index in [1.165, 1.54) is 37.7 Å². The zero-order chi connectivity index (χ0) is 26.6. The summed E-state index contributed by atoms with van der Waals surface area (Å²) < 4.78 is 39.5. The zero-order valence-electron chi connectivity index (χ0n) is 21.3. The number of anilines is 3. The molecule has 1 aliphatic rings. The molecule has 2 N–H and O–H groups in total. The molecule has 0 radical (unpaired) electrons. The normalized spacial score (nSPS) is 14.3. The van der Waals surface area contributed by atoms with Crippen molar-refractivity contribution < 1.29 is 23.0 Å². The fourth-order valence-corrected chi connectivity index (χ4v) is 4.23. The highest BCUT2D eigenvalue weighted by molar-refractivity contribution is 5.76. The molecule has 2 heterocycles. The van der Waals surface area contributed by atoms with Gasteiger partial charge in [0.2, 0.25) is 0 Å². The fraction of sp³-hybridized carbons (Fsp3) is 0.370. The van der Waals surface area contributed by atoms with E-state index in [0.717, 1.165) is 5.69 Å². The van der Waals surface area contributed by atoms with E-state index >= 15 is 0 Å². The van der Waals surface area contributed by atoms with Gasteiger partial charge in [-0.2, -0.15) is 0 Å². The molecule has 1 aliphatic heterocycles. The molecule has 0 unspecified atom stereocenters. The number of nitrogens with zero attached hydrogens (tertiary/aromatic N) is 3. The molecule has 1 amide bonds. The van der Waals surface area contributed by atoms with Crippen LogP contribution in [0.4, 0.5) is 30.8 Å². The van der Waals surface area contributed by atoms with Crippen LogP contribution < -0.4 is 20.3 Å². The molecule has 0 bridgehead atoms. The van der Waals surface area contributed by atoms with Crippen molar-refractivity contribution in [3.63, 3.8) is 0 Å². The Bertz CT molecular complexity index is 1260. The number of methoxy groups -OCH3 is 1. The maximum atomic E-state index is 14.6. The van der Waals surface area contributed by atoms with Crippen molar-refractivity contribution in [3.8, 4) is 17.0 Å². The van der Waals surface area contributed by atoms with Gasteiger partial charge in [0, 0.05) is 19.1 Å². The van der Waals surface area contributed by atoms with Crippen molar-refractivity contribution >= 4 is 23.3 Å². The summed E-state index contributed by atoms with van der Waals surface area (Å²) >= 11 is 0. The van der Waals surface area contributed by atoms with Crippen LogP contribution in [0.15, 0.2) is 48.8 Å². The van der Waals surface area contributed by atoms with Gasteiger partial charge in [-0.25, -0.2) is 18.6 Å². The predicted molar refractivity (Wildman–Crippen MR) is 138 cm³/mol. The SMILES string of the molecule is COc1cccc(F)c1-c1cncc(Nc2cc(F)ccc2N2CCC(NC(=O)OC(C)(C)C)CC2)n1. The first-order valence-corrected chi connectivity index (χ1v) is 12.1. The minimum Gasteiger partial charge on any atom is -0.496 e. The van der Waals surface area contributed by atoms with E-state index < -0.39 is 23.3 Å². The van der Waals surface area contributed by atoms with Gasteiger partial charge in [-0.3, -0.25) is 4.98 Å². The van der Waals surface area contributed by atoms with Gasteiger partial charge < -0.3 is 25.0 Å². The first kappa shape index (κ1) is 26.1. The second-order valence-electron chi connectivity index (χ2n) is 9.80. The first-order valence-electron chi connectivity index (χ1n) is 12.1. The van der Waals surface area contributed by atoms with E-state index in [1.54, 1.807) is 18.2 Å². The zero-order valence-corrected chi connectivity index (χ0v) is 21.3. The molecule has 0 atom stereocenters. The number of halogens is 2. The van der Waals surface area contributed by atoms with Gasteiger partial charge in [0.1, 0.15) is 28.8 Å². The number of benzene rings is 2. The maximum Gasteiger partial charge on any atom is 0.407 e. The van der Waals surface area contributed by atoms with Crippen molar-refractivity contribution in [2.75, 3.05) is 30.4 Å². The van der Waals surface area contributed by atoms with E-state index in [4.69, 9.17) is 9.47 Å². The lowest BCUT2D eigenvalue weighted by atomic mass is 10.0. The summed E-state index contributed by atoms with van der Waals surface area (Å²) in [5, 5.41) is 6.06. The van der Waals surface area contributed by atoms with E-state index in [-0.39, 0.29) is 17.3 Å². The molecule has 0 spiro atoms. The van der Waals surface area contributed by atoms with Crippen molar-refractivity contribution in [1.82, 2.24) is 15.3 Å². The molecule has 3 aromatic rings.